The van der Waals surface area contributed by atoms with Gasteiger partial charge in [0.05, 0.1) is 12.6 Å². The molecule has 0 bridgehead atoms. The van der Waals surface area contributed by atoms with E-state index in [2.05, 4.69) is 33.4 Å². The quantitative estimate of drug-likeness (QED) is 0.890. The van der Waals surface area contributed by atoms with E-state index in [1.165, 1.54) is 25.7 Å². The summed E-state index contributed by atoms with van der Waals surface area (Å²) < 4.78 is 1.07. The van der Waals surface area contributed by atoms with Gasteiger partial charge in [0, 0.05) is 10.5 Å². The zero-order chi connectivity index (χ0) is 11.4. The zero-order valence-electron chi connectivity index (χ0n) is 9.32. The molecule has 1 unspecified atom stereocenters. The molecular weight excluding hydrogens is 266 g/mol. The highest BCUT2D eigenvalue weighted by Crippen LogP contribution is 2.23. The molecule has 0 radical (unpaired) electrons. The Bertz CT molecular complexity index is 336. The van der Waals surface area contributed by atoms with Gasteiger partial charge in [-0.1, -0.05) is 40.9 Å². The number of aliphatic hydroxyl groups excluding tert-OH is 1. The first-order chi connectivity index (χ1) is 7.79. The Kier molecular flexibility index (Phi) is 4.38. The maximum Gasteiger partial charge on any atom is 0.0626 e. The van der Waals surface area contributed by atoms with Crippen LogP contribution in [0.4, 0.5) is 0 Å². The first kappa shape index (κ1) is 12.1. The highest BCUT2D eigenvalue weighted by atomic mass is 79.9. The molecule has 88 valence electrons. The van der Waals surface area contributed by atoms with Gasteiger partial charge in [-0.3, -0.25) is 0 Å². The highest BCUT2D eigenvalue weighted by Gasteiger charge is 2.19. The second-order valence-corrected chi connectivity index (χ2v) is 5.35. The number of aliphatic hydroxyl groups is 1. The molecule has 0 aliphatic heterocycles. The summed E-state index contributed by atoms with van der Waals surface area (Å²) in [4.78, 5) is 0. The molecule has 2 nitrogen and oxygen atoms in total. The van der Waals surface area contributed by atoms with Gasteiger partial charge in [-0.25, -0.2) is 0 Å². The largest absolute Gasteiger partial charge is 0.394 e. The molecule has 1 aliphatic rings. The average molecular weight is 284 g/mol. The van der Waals surface area contributed by atoms with Crippen LogP contribution < -0.4 is 5.32 Å². The Balaban J connectivity index is 2.03. The third-order valence-electron chi connectivity index (χ3n) is 3.23. The van der Waals surface area contributed by atoms with Crippen molar-refractivity contribution in [2.75, 3.05) is 6.61 Å². The van der Waals surface area contributed by atoms with E-state index in [1.807, 2.05) is 12.1 Å². The van der Waals surface area contributed by atoms with Crippen molar-refractivity contribution in [2.45, 2.75) is 37.8 Å². The number of nitrogens with one attached hydrogen (secondary N) is 1. The maximum absolute atomic E-state index is 9.45. The molecule has 0 heterocycles. The third kappa shape index (κ3) is 3.06. The number of hydrogen-bond donors (Lipinski definition) is 2. The minimum Gasteiger partial charge on any atom is -0.394 e. The SMILES string of the molecule is OCC(NC1CCCC1)c1cccc(Br)c1. The topological polar surface area (TPSA) is 32.3 Å². The van der Waals surface area contributed by atoms with Crippen LogP contribution in [0, 0.1) is 0 Å². The van der Waals surface area contributed by atoms with E-state index < -0.39 is 0 Å². The second-order valence-electron chi connectivity index (χ2n) is 4.44. The van der Waals surface area contributed by atoms with Crippen molar-refractivity contribution in [3.8, 4) is 0 Å². The molecular formula is C13H18BrNO. The van der Waals surface area contributed by atoms with Crippen LogP contribution in [0.3, 0.4) is 0 Å². The number of rotatable bonds is 4. The van der Waals surface area contributed by atoms with Crippen molar-refractivity contribution in [1.29, 1.82) is 0 Å². The lowest BCUT2D eigenvalue weighted by Gasteiger charge is -2.21. The van der Waals surface area contributed by atoms with Gasteiger partial charge >= 0.3 is 0 Å². The Morgan fingerprint density at radius 1 is 1.38 bits per heavy atom. The molecule has 1 atom stereocenters. The predicted octanol–water partition coefficient (Wildman–Crippen LogP) is 3.01. The molecule has 1 fully saturated rings. The van der Waals surface area contributed by atoms with Gasteiger partial charge in [-0.05, 0) is 30.5 Å². The summed E-state index contributed by atoms with van der Waals surface area (Å²) in [5, 5.41) is 13.0. The average Bonchev–Trinajstić information content (AvgIpc) is 2.78. The fraction of sp³-hybridized carbons (Fsp3) is 0.538. The van der Waals surface area contributed by atoms with E-state index in [0.29, 0.717) is 6.04 Å². The van der Waals surface area contributed by atoms with E-state index in [9.17, 15) is 5.11 Å². The van der Waals surface area contributed by atoms with Crippen LogP contribution in [0.15, 0.2) is 28.7 Å². The van der Waals surface area contributed by atoms with Crippen molar-refractivity contribution in [2.24, 2.45) is 0 Å². The van der Waals surface area contributed by atoms with Gasteiger partial charge in [0.2, 0.25) is 0 Å². The number of halogens is 1. The van der Waals surface area contributed by atoms with Crippen molar-refractivity contribution < 1.29 is 5.11 Å². The van der Waals surface area contributed by atoms with Gasteiger partial charge in [-0.15, -0.1) is 0 Å². The molecule has 0 amide bonds. The third-order valence-corrected chi connectivity index (χ3v) is 3.72. The van der Waals surface area contributed by atoms with Gasteiger partial charge in [0.25, 0.3) is 0 Å². The second kappa shape index (κ2) is 5.80. The van der Waals surface area contributed by atoms with Crippen LogP contribution >= 0.6 is 15.9 Å². The normalized spacial score (nSPS) is 18.9. The van der Waals surface area contributed by atoms with Crippen LogP contribution in [0.1, 0.15) is 37.3 Å². The van der Waals surface area contributed by atoms with Gasteiger partial charge in [0.1, 0.15) is 0 Å². The summed E-state index contributed by atoms with van der Waals surface area (Å²) in [7, 11) is 0. The summed E-state index contributed by atoms with van der Waals surface area (Å²) >= 11 is 3.46. The van der Waals surface area contributed by atoms with E-state index in [1.54, 1.807) is 0 Å². The van der Waals surface area contributed by atoms with Crippen LogP contribution in [0.5, 0.6) is 0 Å². The standard InChI is InChI=1S/C13H18BrNO/c14-11-5-3-4-10(8-11)13(9-16)15-12-6-1-2-7-12/h3-5,8,12-13,15-16H,1-2,6-7,9H2. The lowest BCUT2D eigenvalue weighted by Crippen LogP contribution is -2.32. The summed E-state index contributed by atoms with van der Waals surface area (Å²) in [6.07, 6.45) is 5.11. The molecule has 1 aliphatic carbocycles. The molecule has 1 aromatic carbocycles. The number of benzene rings is 1. The molecule has 1 aromatic rings. The van der Waals surface area contributed by atoms with Crippen molar-refractivity contribution in [3.63, 3.8) is 0 Å². The molecule has 1 saturated carbocycles. The van der Waals surface area contributed by atoms with Crippen molar-refractivity contribution in [1.82, 2.24) is 5.32 Å². The molecule has 2 N–H and O–H groups in total. The molecule has 3 heteroatoms. The summed E-state index contributed by atoms with van der Waals surface area (Å²) in [6.45, 7) is 0.160. The molecule has 0 saturated heterocycles. The maximum atomic E-state index is 9.45. The highest BCUT2D eigenvalue weighted by molar-refractivity contribution is 9.10. The molecule has 0 spiro atoms. The van der Waals surface area contributed by atoms with E-state index >= 15 is 0 Å². The monoisotopic (exact) mass is 283 g/mol. The summed E-state index contributed by atoms with van der Waals surface area (Å²) in [5.41, 5.74) is 1.16. The van der Waals surface area contributed by atoms with Gasteiger partial charge < -0.3 is 10.4 Å². The summed E-state index contributed by atoms with van der Waals surface area (Å²) in [5.74, 6) is 0. The van der Waals surface area contributed by atoms with Crippen molar-refractivity contribution >= 4 is 15.9 Å². The predicted molar refractivity (Wildman–Crippen MR) is 69.4 cm³/mol. The summed E-state index contributed by atoms with van der Waals surface area (Å²) in [6, 6.07) is 8.80. The fourth-order valence-corrected chi connectivity index (χ4v) is 2.77. The molecule has 0 aromatic heterocycles. The van der Waals surface area contributed by atoms with Gasteiger partial charge in [-0.2, -0.15) is 0 Å². The fourth-order valence-electron chi connectivity index (χ4n) is 2.35. The van der Waals surface area contributed by atoms with Gasteiger partial charge in [0.15, 0.2) is 0 Å². The molecule has 16 heavy (non-hydrogen) atoms. The van der Waals surface area contributed by atoms with Crippen LogP contribution in [-0.2, 0) is 0 Å². The smallest absolute Gasteiger partial charge is 0.0626 e. The van der Waals surface area contributed by atoms with Crippen LogP contribution in [-0.4, -0.2) is 17.8 Å². The van der Waals surface area contributed by atoms with Crippen molar-refractivity contribution in [3.05, 3.63) is 34.3 Å². The minimum atomic E-state index is 0.0700. The Morgan fingerprint density at radius 3 is 2.75 bits per heavy atom. The molecule has 2 rings (SSSR count). The zero-order valence-corrected chi connectivity index (χ0v) is 10.9. The number of hydrogen-bond acceptors (Lipinski definition) is 2. The van der Waals surface area contributed by atoms with Crippen LogP contribution in [0.25, 0.3) is 0 Å². The minimum absolute atomic E-state index is 0.0700. The van der Waals surface area contributed by atoms with E-state index in [0.717, 1.165) is 10.0 Å². The lowest BCUT2D eigenvalue weighted by atomic mass is 10.1. The van der Waals surface area contributed by atoms with Crippen LogP contribution in [0.2, 0.25) is 0 Å². The lowest BCUT2D eigenvalue weighted by molar-refractivity contribution is 0.233. The first-order valence-corrected chi connectivity index (χ1v) is 6.71. The first-order valence-electron chi connectivity index (χ1n) is 5.92. The Morgan fingerprint density at radius 2 is 2.12 bits per heavy atom. The van der Waals surface area contributed by atoms with E-state index in [-0.39, 0.29) is 12.6 Å². The van der Waals surface area contributed by atoms with E-state index in [4.69, 9.17) is 0 Å². The Hall–Kier alpha value is -0.380. The Labute approximate surface area is 105 Å².